The highest BCUT2D eigenvalue weighted by molar-refractivity contribution is 5.88. The average Bonchev–Trinajstić information content (AvgIpc) is 2.91. The number of aromatic nitrogens is 2. The number of ether oxygens (including phenoxy) is 1. The molecule has 120 valence electrons. The smallest absolute Gasteiger partial charge is 0.450 e. The van der Waals surface area contributed by atoms with Crippen LogP contribution < -0.4 is 0 Å². The molecule has 2 aromatic rings. The van der Waals surface area contributed by atoms with Gasteiger partial charge in [-0.25, -0.2) is 14.2 Å². The molecule has 0 amide bonds. The molecule has 1 aromatic carbocycles. The number of carbonyl (C=O) groups is 1. The third-order valence-electron chi connectivity index (χ3n) is 2.63. The third-order valence-corrected chi connectivity index (χ3v) is 2.63. The molecule has 0 aliphatic heterocycles. The molecular formula is C15H10F4N2O2. The van der Waals surface area contributed by atoms with Crippen molar-refractivity contribution >= 4 is 5.97 Å². The van der Waals surface area contributed by atoms with Crippen LogP contribution >= 0.6 is 0 Å². The number of esters is 1. The van der Waals surface area contributed by atoms with E-state index in [1.165, 1.54) is 12.1 Å². The van der Waals surface area contributed by atoms with Gasteiger partial charge in [0.1, 0.15) is 11.5 Å². The lowest BCUT2D eigenvalue weighted by Crippen LogP contribution is -2.13. The summed E-state index contributed by atoms with van der Waals surface area (Å²) in [5, 5.41) is 0. The first-order chi connectivity index (χ1) is 10.8. The predicted molar refractivity (Wildman–Crippen MR) is 72.0 cm³/mol. The molecule has 0 radical (unpaired) electrons. The van der Waals surface area contributed by atoms with Gasteiger partial charge in [0.05, 0.1) is 6.61 Å². The number of hydrogen-bond donors (Lipinski definition) is 0. The molecule has 0 atom stereocenters. The highest BCUT2D eigenvalue weighted by atomic mass is 19.4. The fourth-order valence-electron chi connectivity index (χ4n) is 1.72. The third kappa shape index (κ3) is 4.10. The highest BCUT2D eigenvalue weighted by Crippen LogP contribution is 2.30. The van der Waals surface area contributed by atoms with Gasteiger partial charge in [-0.05, 0) is 37.1 Å². The number of rotatable bonds is 2. The zero-order valence-corrected chi connectivity index (χ0v) is 11.8. The summed E-state index contributed by atoms with van der Waals surface area (Å²) in [5.41, 5.74) is -0.190. The molecule has 8 heteroatoms. The van der Waals surface area contributed by atoms with Crippen molar-refractivity contribution in [2.24, 2.45) is 0 Å². The minimum Gasteiger partial charge on any atom is -0.456 e. The van der Waals surface area contributed by atoms with E-state index in [0.29, 0.717) is 0 Å². The van der Waals surface area contributed by atoms with Gasteiger partial charge in [-0.1, -0.05) is 0 Å². The summed E-state index contributed by atoms with van der Waals surface area (Å²) in [5.74, 6) is 1.58. The van der Waals surface area contributed by atoms with E-state index in [9.17, 15) is 22.4 Å². The van der Waals surface area contributed by atoms with Crippen molar-refractivity contribution in [1.82, 2.24) is 9.55 Å². The zero-order chi connectivity index (χ0) is 17.0. The maximum Gasteiger partial charge on any atom is 0.450 e. The first-order valence-electron chi connectivity index (χ1n) is 6.42. The fraction of sp³-hybridized carbons (Fsp3) is 0.200. The first-order valence-corrected chi connectivity index (χ1v) is 6.42. The van der Waals surface area contributed by atoms with Crippen LogP contribution in [0.4, 0.5) is 17.6 Å². The Bertz CT molecular complexity index is 768. The average molecular weight is 326 g/mol. The molecule has 0 saturated heterocycles. The van der Waals surface area contributed by atoms with E-state index in [-0.39, 0.29) is 18.0 Å². The van der Waals surface area contributed by atoms with Crippen molar-refractivity contribution in [2.75, 3.05) is 6.61 Å². The minimum atomic E-state index is -4.74. The fourth-order valence-corrected chi connectivity index (χ4v) is 1.72. The lowest BCUT2D eigenvalue weighted by atomic mass is 10.3. The van der Waals surface area contributed by atoms with Gasteiger partial charge >= 0.3 is 12.1 Å². The molecule has 0 spiro atoms. The summed E-state index contributed by atoms with van der Waals surface area (Å²) >= 11 is 0. The zero-order valence-electron chi connectivity index (χ0n) is 11.8. The van der Waals surface area contributed by atoms with Crippen LogP contribution in [0.1, 0.15) is 18.4 Å². The number of halogens is 4. The molecule has 2 rings (SSSR count). The van der Waals surface area contributed by atoms with E-state index in [1.54, 1.807) is 6.92 Å². The molecule has 1 aromatic heterocycles. The summed E-state index contributed by atoms with van der Waals surface area (Å²) in [4.78, 5) is 14.5. The van der Waals surface area contributed by atoms with Gasteiger partial charge in [-0.3, -0.25) is 4.57 Å². The normalized spacial score (nSPS) is 10.8. The largest absolute Gasteiger partial charge is 0.456 e. The number of benzene rings is 1. The monoisotopic (exact) mass is 326 g/mol. The van der Waals surface area contributed by atoms with Crippen LogP contribution in [0.5, 0.6) is 0 Å². The Kier molecular flexibility index (Phi) is 4.69. The molecule has 0 aliphatic rings. The summed E-state index contributed by atoms with van der Waals surface area (Å²) < 4.78 is 57.3. The molecule has 1 heterocycles. The van der Waals surface area contributed by atoms with Crippen LogP contribution in [0, 0.1) is 17.7 Å². The molecule has 0 unspecified atom stereocenters. The predicted octanol–water partition coefficient (Wildman–Crippen LogP) is 2.94. The highest BCUT2D eigenvalue weighted by Gasteiger charge is 2.37. The second kappa shape index (κ2) is 6.52. The number of nitrogens with zero attached hydrogens (tertiary/aromatic N) is 2. The van der Waals surface area contributed by atoms with Crippen molar-refractivity contribution in [1.29, 1.82) is 0 Å². The summed E-state index contributed by atoms with van der Waals surface area (Å²) in [6.45, 7) is 1.68. The van der Waals surface area contributed by atoms with Crippen LogP contribution in [0.25, 0.3) is 5.69 Å². The van der Waals surface area contributed by atoms with Crippen molar-refractivity contribution in [3.63, 3.8) is 0 Å². The molecule has 0 N–H and O–H groups in total. The van der Waals surface area contributed by atoms with Gasteiger partial charge in [0.2, 0.25) is 5.82 Å². The maximum atomic E-state index is 13.0. The molecule has 0 aliphatic carbocycles. The SMILES string of the molecule is CCOC(=O)C#Cc1cn(-c2ccc(F)cc2)c(C(F)(F)F)n1. The first kappa shape index (κ1) is 16.5. The second-order valence-electron chi connectivity index (χ2n) is 4.26. The van der Waals surface area contributed by atoms with Crippen LogP contribution in [0.3, 0.4) is 0 Å². The Morgan fingerprint density at radius 1 is 1.30 bits per heavy atom. The number of carbonyl (C=O) groups excluding carboxylic acids is 1. The van der Waals surface area contributed by atoms with Crippen molar-refractivity contribution in [2.45, 2.75) is 13.1 Å². The van der Waals surface area contributed by atoms with E-state index in [0.717, 1.165) is 22.9 Å². The van der Waals surface area contributed by atoms with Gasteiger partial charge in [-0.2, -0.15) is 13.2 Å². The maximum absolute atomic E-state index is 13.0. The topological polar surface area (TPSA) is 44.1 Å². The Labute approximate surface area is 128 Å². The lowest BCUT2D eigenvalue weighted by molar-refractivity contribution is -0.146. The molecule has 4 nitrogen and oxygen atoms in total. The molecule has 0 fully saturated rings. The molecule has 23 heavy (non-hydrogen) atoms. The van der Waals surface area contributed by atoms with Crippen molar-refractivity contribution in [3.8, 4) is 17.5 Å². The quantitative estimate of drug-likeness (QED) is 0.484. The van der Waals surface area contributed by atoms with E-state index in [2.05, 4.69) is 15.6 Å². The molecule has 0 saturated carbocycles. The summed E-state index contributed by atoms with van der Waals surface area (Å²) in [7, 11) is 0. The molecule has 0 bridgehead atoms. The van der Waals surface area contributed by atoms with E-state index < -0.39 is 23.8 Å². The van der Waals surface area contributed by atoms with Crippen molar-refractivity contribution < 1.29 is 27.1 Å². The Balaban J connectivity index is 2.45. The van der Waals surface area contributed by atoms with Gasteiger partial charge in [-0.15, -0.1) is 0 Å². The van der Waals surface area contributed by atoms with Crippen LogP contribution in [-0.4, -0.2) is 22.1 Å². The van der Waals surface area contributed by atoms with E-state index >= 15 is 0 Å². The van der Waals surface area contributed by atoms with Gasteiger partial charge in [0.15, 0.2) is 0 Å². The van der Waals surface area contributed by atoms with Crippen molar-refractivity contribution in [3.05, 3.63) is 47.8 Å². The van der Waals surface area contributed by atoms with Gasteiger partial charge in [0, 0.05) is 17.8 Å². The van der Waals surface area contributed by atoms with Crippen LogP contribution in [0.15, 0.2) is 30.5 Å². The number of alkyl halides is 3. The second-order valence-corrected chi connectivity index (χ2v) is 4.26. The molecular weight excluding hydrogens is 316 g/mol. The van der Waals surface area contributed by atoms with Gasteiger partial charge < -0.3 is 4.74 Å². The summed E-state index contributed by atoms with van der Waals surface area (Å²) in [6, 6.07) is 4.41. The Hall–Kier alpha value is -2.82. The van der Waals surface area contributed by atoms with E-state index in [1.807, 2.05) is 5.92 Å². The standard InChI is InChI=1S/C15H10F4N2O2/c1-2-23-13(22)8-5-11-9-21(14(20-11)15(17,18)19)12-6-3-10(16)4-7-12/h3-4,6-7,9H,2H2,1H3. The van der Waals surface area contributed by atoms with Crippen LogP contribution in [-0.2, 0) is 15.7 Å². The van der Waals surface area contributed by atoms with E-state index in [4.69, 9.17) is 0 Å². The van der Waals surface area contributed by atoms with Crippen LogP contribution in [0.2, 0.25) is 0 Å². The Morgan fingerprint density at radius 2 is 1.96 bits per heavy atom. The lowest BCUT2D eigenvalue weighted by Gasteiger charge is -2.09. The van der Waals surface area contributed by atoms with Gasteiger partial charge in [0.25, 0.3) is 0 Å². The number of hydrogen-bond acceptors (Lipinski definition) is 3. The Morgan fingerprint density at radius 3 is 2.52 bits per heavy atom. The summed E-state index contributed by atoms with van der Waals surface area (Å²) in [6.07, 6.45) is -3.72. The minimum absolute atomic E-state index is 0.0652. The number of imidazole rings is 1.